The van der Waals surface area contributed by atoms with Crippen LogP contribution in [0, 0.1) is 12.7 Å². The molecule has 1 aromatic heterocycles. The lowest BCUT2D eigenvalue weighted by molar-refractivity contribution is -0.111. The van der Waals surface area contributed by atoms with E-state index in [-0.39, 0.29) is 11.3 Å². The Kier molecular flexibility index (Phi) is 4.73. The summed E-state index contributed by atoms with van der Waals surface area (Å²) >= 11 is 0. The van der Waals surface area contributed by atoms with Crippen LogP contribution in [0.3, 0.4) is 0 Å². The lowest BCUT2D eigenvalue weighted by atomic mass is 10.2. The Morgan fingerprint density at radius 2 is 2.05 bits per heavy atom. The maximum atomic E-state index is 13.4. The standard InChI is InChI=1S/C16H14FNO4/c1-10-12(16(20)21-2)9-11(22-10)7-8-15(19)18-14-6-4-3-5-13(14)17/h3-9H,1-2H3,(H,18,19)/b8-7+. The quantitative estimate of drug-likeness (QED) is 0.696. The van der Waals surface area contributed by atoms with Crippen LogP contribution in [-0.4, -0.2) is 19.0 Å². The normalized spacial score (nSPS) is 10.7. The van der Waals surface area contributed by atoms with Crippen molar-refractivity contribution in [2.24, 2.45) is 0 Å². The van der Waals surface area contributed by atoms with Crippen LogP contribution in [0.25, 0.3) is 6.08 Å². The van der Waals surface area contributed by atoms with E-state index in [4.69, 9.17) is 4.42 Å². The van der Waals surface area contributed by atoms with E-state index in [1.807, 2.05) is 0 Å². The minimum atomic E-state index is -0.522. The third kappa shape index (κ3) is 3.60. The van der Waals surface area contributed by atoms with Gasteiger partial charge in [-0.25, -0.2) is 9.18 Å². The van der Waals surface area contributed by atoms with Gasteiger partial charge in [0.05, 0.1) is 12.8 Å². The van der Waals surface area contributed by atoms with Crippen LogP contribution in [0.4, 0.5) is 10.1 Å². The number of rotatable bonds is 4. The number of nitrogens with one attached hydrogen (secondary N) is 1. The number of para-hydroxylation sites is 1. The van der Waals surface area contributed by atoms with Crippen molar-refractivity contribution in [1.29, 1.82) is 0 Å². The molecule has 0 bridgehead atoms. The molecular formula is C16H14FNO4. The highest BCUT2D eigenvalue weighted by molar-refractivity contribution is 6.02. The molecule has 1 amide bonds. The Labute approximate surface area is 126 Å². The molecule has 0 atom stereocenters. The van der Waals surface area contributed by atoms with Gasteiger partial charge >= 0.3 is 5.97 Å². The van der Waals surface area contributed by atoms with Crippen LogP contribution in [0.2, 0.25) is 0 Å². The highest BCUT2D eigenvalue weighted by atomic mass is 19.1. The second-order valence-corrected chi connectivity index (χ2v) is 4.41. The first-order valence-corrected chi connectivity index (χ1v) is 6.43. The molecule has 0 radical (unpaired) electrons. The Morgan fingerprint density at radius 1 is 1.32 bits per heavy atom. The van der Waals surface area contributed by atoms with Gasteiger partial charge in [-0.3, -0.25) is 4.79 Å². The summed E-state index contributed by atoms with van der Waals surface area (Å²) in [6, 6.07) is 7.31. The zero-order valence-electron chi connectivity index (χ0n) is 12.1. The number of aryl methyl sites for hydroxylation is 1. The topological polar surface area (TPSA) is 68.5 Å². The van der Waals surface area contributed by atoms with Gasteiger partial charge in [0.25, 0.3) is 0 Å². The van der Waals surface area contributed by atoms with Crippen LogP contribution >= 0.6 is 0 Å². The molecule has 0 aliphatic rings. The molecule has 22 heavy (non-hydrogen) atoms. The van der Waals surface area contributed by atoms with Crippen molar-refractivity contribution in [3.05, 3.63) is 59.3 Å². The summed E-state index contributed by atoms with van der Waals surface area (Å²) in [6.45, 7) is 1.61. The number of carbonyl (C=O) groups is 2. The SMILES string of the molecule is COC(=O)c1cc(/C=C/C(=O)Nc2ccccc2F)oc1C. The summed E-state index contributed by atoms with van der Waals surface area (Å²) in [5.41, 5.74) is 0.375. The first kappa shape index (κ1) is 15.5. The Morgan fingerprint density at radius 3 is 2.73 bits per heavy atom. The molecule has 0 fully saturated rings. The van der Waals surface area contributed by atoms with Crippen LogP contribution in [0.1, 0.15) is 21.9 Å². The number of esters is 1. The molecular weight excluding hydrogens is 289 g/mol. The van der Waals surface area contributed by atoms with Gasteiger partial charge in [-0.15, -0.1) is 0 Å². The van der Waals surface area contributed by atoms with Crippen molar-refractivity contribution in [1.82, 2.24) is 0 Å². The van der Waals surface area contributed by atoms with Gasteiger partial charge in [-0.05, 0) is 31.2 Å². The number of ether oxygens (including phenoxy) is 1. The van der Waals surface area contributed by atoms with Gasteiger partial charge in [0.15, 0.2) is 0 Å². The molecule has 2 rings (SSSR count). The molecule has 1 heterocycles. The summed E-state index contributed by atoms with van der Waals surface area (Å²) in [5.74, 6) is -0.843. The van der Waals surface area contributed by atoms with Gasteiger partial charge in [0, 0.05) is 6.08 Å². The van der Waals surface area contributed by atoms with Gasteiger partial charge in [-0.1, -0.05) is 12.1 Å². The average Bonchev–Trinajstić information content (AvgIpc) is 2.88. The van der Waals surface area contributed by atoms with Crippen molar-refractivity contribution in [3.63, 3.8) is 0 Å². The number of halogens is 1. The molecule has 1 aromatic carbocycles. The van der Waals surface area contributed by atoms with Crippen LogP contribution < -0.4 is 5.32 Å². The summed E-state index contributed by atoms with van der Waals surface area (Å²) in [7, 11) is 1.27. The zero-order valence-corrected chi connectivity index (χ0v) is 12.1. The molecule has 0 spiro atoms. The van der Waals surface area contributed by atoms with E-state index >= 15 is 0 Å². The minimum Gasteiger partial charge on any atom is -0.465 e. The van der Waals surface area contributed by atoms with Crippen molar-refractivity contribution in [3.8, 4) is 0 Å². The number of furan rings is 1. The largest absolute Gasteiger partial charge is 0.465 e. The Hall–Kier alpha value is -2.89. The van der Waals surface area contributed by atoms with E-state index in [0.717, 1.165) is 0 Å². The predicted octanol–water partition coefficient (Wildman–Crippen LogP) is 3.17. The molecule has 1 N–H and O–H groups in total. The first-order valence-electron chi connectivity index (χ1n) is 6.43. The predicted molar refractivity (Wildman–Crippen MR) is 78.8 cm³/mol. The van der Waals surface area contributed by atoms with Crippen LogP contribution in [0.15, 0.2) is 40.8 Å². The number of anilines is 1. The summed E-state index contributed by atoms with van der Waals surface area (Å²) in [5, 5.41) is 2.40. The molecule has 6 heteroatoms. The number of methoxy groups -OCH3 is 1. The molecule has 2 aromatic rings. The third-order valence-electron chi connectivity index (χ3n) is 2.87. The first-order chi connectivity index (χ1) is 10.5. The number of benzene rings is 1. The smallest absolute Gasteiger partial charge is 0.341 e. The maximum absolute atomic E-state index is 13.4. The minimum absolute atomic E-state index is 0.0861. The monoisotopic (exact) mass is 303 g/mol. The fourth-order valence-electron chi connectivity index (χ4n) is 1.79. The van der Waals surface area contributed by atoms with E-state index < -0.39 is 17.7 Å². The van der Waals surface area contributed by atoms with Crippen molar-refractivity contribution < 1.29 is 23.1 Å². The Balaban J connectivity index is 2.07. The maximum Gasteiger partial charge on any atom is 0.341 e. The molecule has 0 aliphatic heterocycles. The molecule has 0 saturated heterocycles. The molecule has 0 aliphatic carbocycles. The second-order valence-electron chi connectivity index (χ2n) is 4.41. The number of carbonyl (C=O) groups excluding carboxylic acids is 2. The summed E-state index contributed by atoms with van der Waals surface area (Å²) in [4.78, 5) is 23.2. The van der Waals surface area contributed by atoms with E-state index in [1.165, 1.54) is 43.5 Å². The van der Waals surface area contributed by atoms with Crippen molar-refractivity contribution in [2.75, 3.05) is 12.4 Å². The highest BCUT2D eigenvalue weighted by Gasteiger charge is 2.14. The fraction of sp³-hybridized carbons (Fsp3) is 0.125. The van der Waals surface area contributed by atoms with Gasteiger partial charge < -0.3 is 14.5 Å². The lowest BCUT2D eigenvalue weighted by Crippen LogP contribution is -2.08. The van der Waals surface area contributed by atoms with E-state index in [0.29, 0.717) is 11.5 Å². The number of amides is 1. The molecule has 0 saturated carbocycles. The Bertz CT molecular complexity index is 733. The number of hydrogen-bond acceptors (Lipinski definition) is 4. The number of hydrogen-bond donors (Lipinski definition) is 1. The van der Waals surface area contributed by atoms with E-state index in [9.17, 15) is 14.0 Å². The molecule has 114 valence electrons. The van der Waals surface area contributed by atoms with Crippen molar-refractivity contribution >= 4 is 23.6 Å². The fourth-order valence-corrected chi connectivity index (χ4v) is 1.79. The summed E-state index contributed by atoms with van der Waals surface area (Å²) in [6.07, 6.45) is 2.57. The molecule has 5 nitrogen and oxygen atoms in total. The summed E-state index contributed by atoms with van der Waals surface area (Å²) < 4.78 is 23.3. The second kappa shape index (κ2) is 6.71. The van der Waals surface area contributed by atoms with Gasteiger partial charge in [0.1, 0.15) is 22.9 Å². The van der Waals surface area contributed by atoms with Crippen molar-refractivity contribution in [2.45, 2.75) is 6.92 Å². The third-order valence-corrected chi connectivity index (χ3v) is 2.87. The zero-order chi connectivity index (χ0) is 16.1. The highest BCUT2D eigenvalue weighted by Crippen LogP contribution is 2.17. The molecule has 0 unspecified atom stereocenters. The lowest BCUT2D eigenvalue weighted by Gasteiger charge is -2.02. The van der Waals surface area contributed by atoms with E-state index in [2.05, 4.69) is 10.1 Å². The van der Waals surface area contributed by atoms with Gasteiger partial charge in [-0.2, -0.15) is 0 Å². The van der Waals surface area contributed by atoms with E-state index in [1.54, 1.807) is 13.0 Å². The van der Waals surface area contributed by atoms with Crippen LogP contribution in [0.5, 0.6) is 0 Å². The average molecular weight is 303 g/mol. The van der Waals surface area contributed by atoms with Gasteiger partial charge in [0.2, 0.25) is 5.91 Å². The van der Waals surface area contributed by atoms with Crippen LogP contribution in [-0.2, 0) is 9.53 Å².